The predicted octanol–water partition coefficient (Wildman–Crippen LogP) is 0.637. The summed E-state index contributed by atoms with van der Waals surface area (Å²) < 4.78 is 0. The topological polar surface area (TPSA) is 75.4 Å². The van der Waals surface area contributed by atoms with Gasteiger partial charge in [-0.3, -0.25) is 4.79 Å². The number of carbonyl (C=O) groups is 1. The highest BCUT2D eigenvalue weighted by molar-refractivity contribution is 5.77. The molecule has 0 saturated heterocycles. The molecular formula is C11H24N2O2. The Balaban J connectivity index is 4.14. The summed E-state index contributed by atoms with van der Waals surface area (Å²) in [5.74, 6) is 0.188. The van der Waals surface area contributed by atoms with Crippen LogP contribution in [-0.2, 0) is 4.79 Å². The van der Waals surface area contributed by atoms with E-state index in [-0.39, 0.29) is 11.8 Å². The minimum atomic E-state index is -0.579. The maximum atomic E-state index is 11.6. The largest absolute Gasteiger partial charge is 0.391 e. The van der Waals surface area contributed by atoms with E-state index in [1.165, 1.54) is 0 Å². The van der Waals surface area contributed by atoms with Gasteiger partial charge in [0.25, 0.3) is 0 Å². The summed E-state index contributed by atoms with van der Waals surface area (Å²) in [5, 5.41) is 12.2. The Morgan fingerprint density at radius 1 is 1.53 bits per heavy atom. The summed E-state index contributed by atoms with van der Waals surface area (Å²) in [6.07, 6.45) is 0.765. The fourth-order valence-corrected chi connectivity index (χ4v) is 1.17. The standard InChI is InChI=1S/C11H24N2O2/c1-5-9(7-12)6-10(15)13-11(3,4)8(2)14/h8-9,14H,5-7,12H2,1-4H3,(H,13,15). The first kappa shape index (κ1) is 14.4. The van der Waals surface area contributed by atoms with Gasteiger partial charge >= 0.3 is 0 Å². The summed E-state index contributed by atoms with van der Waals surface area (Å²) in [5.41, 5.74) is 4.95. The molecule has 4 N–H and O–H groups in total. The van der Waals surface area contributed by atoms with Gasteiger partial charge < -0.3 is 16.2 Å². The lowest BCUT2D eigenvalue weighted by molar-refractivity contribution is -0.124. The van der Waals surface area contributed by atoms with Gasteiger partial charge in [-0.2, -0.15) is 0 Å². The molecule has 0 rings (SSSR count). The van der Waals surface area contributed by atoms with Crippen molar-refractivity contribution in [2.75, 3.05) is 6.54 Å². The first-order chi connectivity index (χ1) is 6.83. The molecule has 15 heavy (non-hydrogen) atoms. The van der Waals surface area contributed by atoms with E-state index in [4.69, 9.17) is 5.73 Å². The van der Waals surface area contributed by atoms with Crippen LogP contribution in [0.4, 0.5) is 0 Å². The Kier molecular flexibility index (Phi) is 5.83. The summed E-state index contributed by atoms with van der Waals surface area (Å²) in [6.45, 7) is 7.82. The maximum absolute atomic E-state index is 11.6. The van der Waals surface area contributed by atoms with Crippen LogP contribution in [0.2, 0.25) is 0 Å². The van der Waals surface area contributed by atoms with Crippen LogP contribution in [0.5, 0.6) is 0 Å². The molecule has 0 heterocycles. The molecule has 0 radical (unpaired) electrons. The van der Waals surface area contributed by atoms with Gasteiger partial charge in [0, 0.05) is 6.42 Å². The van der Waals surface area contributed by atoms with Crippen molar-refractivity contribution in [2.45, 2.75) is 52.2 Å². The van der Waals surface area contributed by atoms with Gasteiger partial charge in [-0.25, -0.2) is 0 Å². The van der Waals surface area contributed by atoms with Crippen LogP contribution in [0.1, 0.15) is 40.5 Å². The van der Waals surface area contributed by atoms with Crippen molar-refractivity contribution in [2.24, 2.45) is 11.7 Å². The lowest BCUT2D eigenvalue weighted by atomic mass is 9.96. The van der Waals surface area contributed by atoms with Crippen molar-refractivity contribution in [3.8, 4) is 0 Å². The number of hydrogen-bond donors (Lipinski definition) is 3. The van der Waals surface area contributed by atoms with E-state index in [9.17, 15) is 9.90 Å². The average molecular weight is 216 g/mol. The SMILES string of the molecule is CCC(CN)CC(=O)NC(C)(C)C(C)O. The van der Waals surface area contributed by atoms with Crippen molar-refractivity contribution in [3.05, 3.63) is 0 Å². The first-order valence-corrected chi connectivity index (χ1v) is 5.52. The zero-order chi connectivity index (χ0) is 12.1. The molecule has 90 valence electrons. The third-order valence-electron chi connectivity index (χ3n) is 2.89. The Bertz CT molecular complexity index is 199. The fraction of sp³-hybridized carbons (Fsp3) is 0.909. The number of nitrogens with two attached hydrogens (primary N) is 1. The highest BCUT2D eigenvalue weighted by atomic mass is 16.3. The van der Waals surface area contributed by atoms with Gasteiger partial charge in [-0.15, -0.1) is 0 Å². The molecule has 0 bridgehead atoms. The van der Waals surface area contributed by atoms with Crippen molar-refractivity contribution >= 4 is 5.91 Å². The molecule has 1 amide bonds. The van der Waals surface area contributed by atoms with Crippen LogP contribution in [0, 0.1) is 5.92 Å². The number of nitrogens with one attached hydrogen (secondary N) is 1. The summed E-state index contributed by atoms with van der Waals surface area (Å²) in [4.78, 5) is 11.6. The van der Waals surface area contributed by atoms with E-state index in [2.05, 4.69) is 5.32 Å². The van der Waals surface area contributed by atoms with Crippen LogP contribution >= 0.6 is 0 Å². The molecule has 0 aliphatic carbocycles. The molecule has 0 aromatic carbocycles. The van der Waals surface area contributed by atoms with Crippen LogP contribution in [0.15, 0.2) is 0 Å². The van der Waals surface area contributed by atoms with Crippen LogP contribution in [-0.4, -0.2) is 29.2 Å². The van der Waals surface area contributed by atoms with Gasteiger partial charge in [0.05, 0.1) is 11.6 Å². The molecule has 0 aliphatic heterocycles. The molecule has 4 heteroatoms. The summed E-state index contributed by atoms with van der Waals surface area (Å²) in [7, 11) is 0. The van der Waals surface area contributed by atoms with E-state index in [1.807, 2.05) is 6.92 Å². The van der Waals surface area contributed by atoms with Crippen LogP contribution in [0.25, 0.3) is 0 Å². The minimum Gasteiger partial charge on any atom is -0.391 e. The second kappa shape index (κ2) is 6.08. The zero-order valence-electron chi connectivity index (χ0n) is 10.2. The number of hydrogen-bond acceptors (Lipinski definition) is 3. The second-order valence-electron chi connectivity index (χ2n) is 4.66. The maximum Gasteiger partial charge on any atom is 0.220 e. The van der Waals surface area contributed by atoms with Crippen LogP contribution in [0.3, 0.4) is 0 Å². The summed E-state index contributed by atoms with van der Waals surface area (Å²) in [6, 6.07) is 0. The van der Waals surface area contributed by atoms with Gasteiger partial charge in [-0.1, -0.05) is 13.3 Å². The Morgan fingerprint density at radius 3 is 2.40 bits per heavy atom. The number of carbonyl (C=O) groups excluding carboxylic acids is 1. The molecule has 2 atom stereocenters. The van der Waals surface area contributed by atoms with Crippen molar-refractivity contribution in [3.63, 3.8) is 0 Å². The molecule has 0 aromatic rings. The third kappa shape index (κ3) is 5.14. The zero-order valence-corrected chi connectivity index (χ0v) is 10.2. The van der Waals surface area contributed by atoms with Crippen molar-refractivity contribution < 1.29 is 9.90 Å². The van der Waals surface area contributed by atoms with Gasteiger partial charge in [0.15, 0.2) is 0 Å². The Hall–Kier alpha value is -0.610. The van der Waals surface area contributed by atoms with E-state index in [0.717, 1.165) is 6.42 Å². The van der Waals surface area contributed by atoms with Crippen molar-refractivity contribution in [1.29, 1.82) is 0 Å². The monoisotopic (exact) mass is 216 g/mol. The second-order valence-corrected chi connectivity index (χ2v) is 4.66. The van der Waals surface area contributed by atoms with Gasteiger partial charge in [-0.05, 0) is 33.2 Å². The molecule has 0 saturated carbocycles. The van der Waals surface area contributed by atoms with Gasteiger partial charge in [0.2, 0.25) is 5.91 Å². The fourth-order valence-electron chi connectivity index (χ4n) is 1.17. The molecule has 0 aromatic heterocycles. The minimum absolute atomic E-state index is 0.0433. The Morgan fingerprint density at radius 2 is 2.07 bits per heavy atom. The third-order valence-corrected chi connectivity index (χ3v) is 2.89. The first-order valence-electron chi connectivity index (χ1n) is 5.52. The van der Waals surface area contributed by atoms with E-state index in [1.54, 1.807) is 20.8 Å². The summed E-state index contributed by atoms with van der Waals surface area (Å²) >= 11 is 0. The molecule has 0 spiro atoms. The average Bonchev–Trinajstić information content (AvgIpc) is 2.13. The van der Waals surface area contributed by atoms with E-state index in [0.29, 0.717) is 13.0 Å². The normalized spacial score (nSPS) is 15.9. The highest BCUT2D eigenvalue weighted by Gasteiger charge is 2.26. The molecular weight excluding hydrogens is 192 g/mol. The van der Waals surface area contributed by atoms with Crippen molar-refractivity contribution in [1.82, 2.24) is 5.32 Å². The quantitative estimate of drug-likeness (QED) is 0.610. The lowest BCUT2D eigenvalue weighted by Crippen LogP contribution is -2.51. The number of aliphatic hydroxyl groups excluding tert-OH is 1. The number of aliphatic hydroxyl groups is 1. The molecule has 4 nitrogen and oxygen atoms in total. The number of rotatable bonds is 6. The predicted molar refractivity (Wildman–Crippen MR) is 61.4 cm³/mol. The van der Waals surface area contributed by atoms with Gasteiger partial charge in [0.1, 0.15) is 0 Å². The molecule has 0 aliphatic rings. The molecule has 0 fully saturated rings. The van der Waals surface area contributed by atoms with Crippen LogP contribution < -0.4 is 11.1 Å². The highest BCUT2D eigenvalue weighted by Crippen LogP contribution is 2.11. The van der Waals surface area contributed by atoms with E-state index < -0.39 is 11.6 Å². The Labute approximate surface area is 92.2 Å². The lowest BCUT2D eigenvalue weighted by Gasteiger charge is -2.30. The molecule has 2 unspecified atom stereocenters. The smallest absolute Gasteiger partial charge is 0.220 e. The van der Waals surface area contributed by atoms with E-state index >= 15 is 0 Å². The number of amides is 1.